The molecule has 1 saturated heterocycles. The van der Waals surface area contributed by atoms with E-state index < -0.39 is 0 Å². The summed E-state index contributed by atoms with van der Waals surface area (Å²) < 4.78 is 0. The first-order chi connectivity index (χ1) is 5.13. The molecule has 0 spiro atoms. The molecule has 0 aliphatic carbocycles. The molecule has 1 amide bonds. The lowest BCUT2D eigenvalue weighted by atomic mass is 9.81. The van der Waals surface area contributed by atoms with Crippen LogP contribution in [0.1, 0.15) is 6.92 Å². The molecule has 0 bridgehead atoms. The molecule has 0 atom stereocenters. The van der Waals surface area contributed by atoms with Gasteiger partial charge in [-0.1, -0.05) is 0 Å². The summed E-state index contributed by atoms with van der Waals surface area (Å²) in [6, 6.07) is 0. The Morgan fingerprint density at radius 3 is 2.55 bits per heavy atom. The van der Waals surface area contributed by atoms with Crippen molar-refractivity contribution >= 4 is 5.91 Å². The molecular formula is C7H14N2O2. The lowest BCUT2D eigenvalue weighted by Gasteiger charge is -2.48. The van der Waals surface area contributed by atoms with Gasteiger partial charge < -0.3 is 15.7 Å². The zero-order valence-electron chi connectivity index (χ0n) is 6.71. The van der Waals surface area contributed by atoms with Crippen LogP contribution in [-0.2, 0) is 4.79 Å². The number of rotatable bonds is 2. The maximum atomic E-state index is 10.7. The summed E-state index contributed by atoms with van der Waals surface area (Å²) >= 11 is 0. The van der Waals surface area contributed by atoms with E-state index in [1.807, 2.05) is 0 Å². The minimum absolute atomic E-state index is 0.0579. The van der Waals surface area contributed by atoms with Crippen molar-refractivity contribution < 1.29 is 9.90 Å². The van der Waals surface area contributed by atoms with E-state index in [1.54, 1.807) is 4.90 Å². The highest BCUT2D eigenvalue weighted by atomic mass is 16.3. The predicted molar refractivity (Wildman–Crippen MR) is 40.8 cm³/mol. The molecule has 0 unspecified atom stereocenters. The van der Waals surface area contributed by atoms with E-state index in [1.165, 1.54) is 6.92 Å². The summed E-state index contributed by atoms with van der Waals surface area (Å²) in [5, 5.41) is 8.92. The normalized spacial score (nSPS) is 21.2. The van der Waals surface area contributed by atoms with Crippen LogP contribution in [0.5, 0.6) is 0 Å². The molecule has 0 radical (unpaired) electrons. The largest absolute Gasteiger partial charge is 0.396 e. The van der Waals surface area contributed by atoms with Crippen LogP contribution in [0.25, 0.3) is 0 Å². The molecule has 4 heteroatoms. The van der Waals surface area contributed by atoms with Crippen LogP contribution in [0.3, 0.4) is 0 Å². The number of nitrogens with two attached hydrogens (primary N) is 1. The SMILES string of the molecule is CC(=O)N1CC(CN)(CO)C1. The van der Waals surface area contributed by atoms with Crippen molar-refractivity contribution in [3.8, 4) is 0 Å². The molecular weight excluding hydrogens is 144 g/mol. The molecule has 4 nitrogen and oxygen atoms in total. The van der Waals surface area contributed by atoms with Crippen molar-refractivity contribution in [2.75, 3.05) is 26.2 Å². The monoisotopic (exact) mass is 158 g/mol. The van der Waals surface area contributed by atoms with Crippen LogP contribution in [0.2, 0.25) is 0 Å². The summed E-state index contributed by atoms with van der Waals surface area (Å²) in [5.41, 5.74) is 5.24. The third kappa shape index (κ3) is 1.36. The molecule has 11 heavy (non-hydrogen) atoms. The predicted octanol–water partition coefficient (Wildman–Crippen LogP) is -1.21. The molecule has 1 rings (SSSR count). The number of aliphatic hydroxyl groups excluding tert-OH is 1. The first-order valence-corrected chi connectivity index (χ1v) is 3.70. The zero-order chi connectivity index (χ0) is 8.48. The molecule has 0 aromatic rings. The van der Waals surface area contributed by atoms with Gasteiger partial charge in [-0.25, -0.2) is 0 Å². The summed E-state index contributed by atoms with van der Waals surface area (Å²) in [7, 11) is 0. The van der Waals surface area contributed by atoms with Gasteiger partial charge in [-0.05, 0) is 0 Å². The van der Waals surface area contributed by atoms with E-state index in [-0.39, 0.29) is 17.9 Å². The second-order valence-electron chi connectivity index (χ2n) is 3.24. The minimum atomic E-state index is -0.203. The summed E-state index contributed by atoms with van der Waals surface area (Å²) in [4.78, 5) is 12.4. The zero-order valence-corrected chi connectivity index (χ0v) is 6.71. The fourth-order valence-electron chi connectivity index (χ4n) is 1.28. The van der Waals surface area contributed by atoms with Crippen molar-refractivity contribution in [1.29, 1.82) is 0 Å². The summed E-state index contributed by atoms with van der Waals surface area (Å²) in [6.07, 6.45) is 0. The molecule has 0 aromatic carbocycles. The summed E-state index contributed by atoms with van der Waals surface area (Å²) in [6.45, 7) is 3.27. The first-order valence-electron chi connectivity index (χ1n) is 3.70. The molecule has 0 saturated carbocycles. The van der Waals surface area contributed by atoms with Crippen molar-refractivity contribution in [3.05, 3.63) is 0 Å². The molecule has 3 N–H and O–H groups in total. The van der Waals surface area contributed by atoms with Crippen LogP contribution >= 0.6 is 0 Å². The van der Waals surface area contributed by atoms with E-state index in [2.05, 4.69) is 0 Å². The van der Waals surface area contributed by atoms with Crippen molar-refractivity contribution in [1.82, 2.24) is 4.90 Å². The van der Waals surface area contributed by atoms with E-state index in [9.17, 15) is 4.79 Å². The number of hydrogen-bond donors (Lipinski definition) is 2. The van der Waals surface area contributed by atoms with Gasteiger partial charge in [-0.15, -0.1) is 0 Å². The van der Waals surface area contributed by atoms with E-state index in [4.69, 9.17) is 10.8 Å². The standard InChI is InChI=1S/C7H14N2O2/c1-6(11)9-3-7(2-8,4-9)5-10/h10H,2-5,8H2,1H3. The fourth-order valence-corrected chi connectivity index (χ4v) is 1.28. The van der Waals surface area contributed by atoms with E-state index >= 15 is 0 Å². The lowest BCUT2D eigenvalue weighted by molar-refractivity contribution is -0.142. The fraction of sp³-hybridized carbons (Fsp3) is 0.857. The van der Waals surface area contributed by atoms with Gasteiger partial charge in [0.05, 0.1) is 6.61 Å². The number of likely N-dealkylation sites (tertiary alicyclic amines) is 1. The van der Waals surface area contributed by atoms with Gasteiger partial charge >= 0.3 is 0 Å². The van der Waals surface area contributed by atoms with Gasteiger partial charge in [0.1, 0.15) is 0 Å². The van der Waals surface area contributed by atoms with Gasteiger partial charge in [0, 0.05) is 32.0 Å². The minimum Gasteiger partial charge on any atom is -0.396 e. The van der Waals surface area contributed by atoms with Crippen LogP contribution in [-0.4, -0.2) is 42.2 Å². The summed E-state index contributed by atoms with van der Waals surface area (Å²) in [5.74, 6) is 0.0579. The maximum Gasteiger partial charge on any atom is 0.219 e. The van der Waals surface area contributed by atoms with Gasteiger partial charge in [-0.3, -0.25) is 4.79 Å². The van der Waals surface area contributed by atoms with E-state index in [0.717, 1.165) is 0 Å². The smallest absolute Gasteiger partial charge is 0.219 e. The molecule has 1 heterocycles. The van der Waals surface area contributed by atoms with Gasteiger partial charge in [0.2, 0.25) is 5.91 Å². The van der Waals surface area contributed by atoms with Crippen LogP contribution in [0.15, 0.2) is 0 Å². The van der Waals surface area contributed by atoms with Gasteiger partial charge in [0.15, 0.2) is 0 Å². The third-order valence-electron chi connectivity index (χ3n) is 2.27. The Kier molecular flexibility index (Phi) is 2.15. The maximum absolute atomic E-state index is 10.7. The average Bonchev–Trinajstić information content (AvgIpc) is 1.87. The number of carbonyl (C=O) groups excluding carboxylic acids is 1. The Hall–Kier alpha value is -0.610. The van der Waals surface area contributed by atoms with Crippen LogP contribution in [0, 0.1) is 5.41 Å². The Bertz CT molecular complexity index is 158. The first kappa shape index (κ1) is 8.49. The highest BCUT2D eigenvalue weighted by Gasteiger charge is 2.42. The van der Waals surface area contributed by atoms with Crippen LogP contribution < -0.4 is 5.73 Å². The molecule has 1 aliphatic rings. The molecule has 0 aromatic heterocycles. The number of aliphatic hydroxyl groups is 1. The van der Waals surface area contributed by atoms with Crippen molar-refractivity contribution in [3.63, 3.8) is 0 Å². The average molecular weight is 158 g/mol. The number of hydrogen-bond acceptors (Lipinski definition) is 3. The highest BCUT2D eigenvalue weighted by molar-refractivity contribution is 5.74. The number of amides is 1. The quantitative estimate of drug-likeness (QED) is 0.529. The van der Waals surface area contributed by atoms with Crippen molar-refractivity contribution in [2.24, 2.45) is 11.1 Å². The number of nitrogens with zero attached hydrogens (tertiary/aromatic N) is 1. The molecule has 1 fully saturated rings. The van der Waals surface area contributed by atoms with Crippen molar-refractivity contribution in [2.45, 2.75) is 6.92 Å². The van der Waals surface area contributed by atoms with Gasteiger partial charge in [0.25, 0.3) is 0 Å². The second kappa shape index (κ2) is 2.79. The number of carbonyl (C=O) groups is 1. The Labute approximate surface area is 66.0 Å². The second-order valence-corrected chi connectivity index (χ2v) is 3.24. The van der Waals surface area contributed by atoms with Crippen LogP contribution in [0.4, 0.5) is 0 Å². The Balaban J connectivity index is 2.41. The Morgan fingerprint density at radius 2 is 2.27 bits per heavy atom. The Morgan fingerprint density at radius 1 is 1.73 bits per heavy atom. The van der Waals surface area contributed by atoms with E-state index in [0.29, 0.717) is 19.6 Å². The van der Waals surface area contributed by atoms with Gasteiger partial charge in [-0.2, -0.15) is 0 Å². The third-order valence-corrected chi connectivity index (χ3v) is 2.27. The topological polar surface area (TPSA) is 66.6 Å². The lowest BCUT2D eigenvalue weighted by Crippen LogP contribution is -2.62. The molecule has 1 aliphatic heterocycles. The highest BCUT2D eigenvalue weighted by Crippen LogP contribution is 2.28. The molecule has 64 valence electrons.